The van der Waals surface area contributed by atoms with Crippen molar-refractivity contribution in [2.24, 2.45) is 5.92 Å². The van der Waals surface area contributed by atoms with Crippen molar-refractivity contribution in [2.45, 2.75) is 380 Å². The Balaban J connectivity index is 5.23. The molecule has 3 N–H and O–H groups in total. The molecule has 548 valence electrons. The monoisotopic (exact) mass is 1360 g/mol. The van der Waals surface area contributed by atoms with Crippen LogP contribution in [0.15, 0.2) is 24.3 Å². The van der Waals surface area contributed by atoms with E-state index >= 15 is 0 Å². The number of aliphatic hydroxyl groups is 1. The zero-order valence-corrected chi connectivity index (χ0v) is 61.7. The zero-order valence-electron chi connectivity index (χ0n) is 59.9. The van der Waals surface area contributed by atoms with E-state index in [9.17, 15) is 43.2 Å². The zero-order chi connectivity index (χ0) is 68.4. The summed E-state index contributed by atoms with van der Waals surface area (Å²) in [6.07, 6.45) is 57.7. The second-order valence-corrected chi connectivity index (χ2v) is 29.4. The highest BCUT2D eigenvalue weighted by molar-refractivity contribution is 7.47. The van der Waals surface area contributed by atoms with Gasteiger partial charge in [0.05, 0.1) is 26.4 Å². The summed E-state index contributed by atoms with van der Waals surface area (Å²) >= 11 is 0. The Morgan fingerprint density at radius 1 is 0.333 bits per heavy atom. The second kappa shape index (κ2) is 66.8. The van der Waals surface area contributed by atoms with E-state index in [1.807, 2.05) is 0 Å². The summed E-state index contributed by atoms with van der Waals surface area (Å²) < 4.78 is 68.3. The minimum absolute atomic E-state index is 0.101. The molecule has 0 spiro atoms. The third-order valence-corrected chi connectivity index (χ3v) is 18.6. The molecule has 17 nitrogen and oxygen atoms in total. The molecule has 2 unspecified atom stereocenters. The summed E-state index contributed by atoms with van der Waals surface area (Å²) in [5.41, 5.74) is 0. The average molecular weight is 1360 g/mol. The van der Waals surface area contributed by atoms with Gasteiger partial charge < -0.3 is 33.8 Å². The number of phosphoric ester groups is 2. The lowest BCUT2D eigenvalue weighted by Gasteiger charge is -2.21. The summed E-state index contributed by atoms with van der Waals surface area (Å²) in [6, 6.07) is 0. The molecular formula is C74H140O17P2. The molecule has 93 heavy (non-hydrogen) atoms. The molecule has 0 amide bonds. The van der Waals surface area contributed by atoms with Gasteiger partial charge in [0.1, 0.15) is 19.3 Å². The Kier molecular flexibility index (Phi) is 65.0. The fraction of sp³-hybridized carbons (Fsp3) is 0.892. The Labute approximate surface area is 567 Å². The van der Waals surface area contributed by atoms with Crippen molar-refractivity contribution < 1.29 is 80.2 Å². The molecule has 0 aromatic rings. The predicted octanol–water partition coefficient (Wildman–Crippen LogP) is 21.2. The third-order valence-electron chi connectivity index (χ3n) is 16.7. The molecule has 5 atom stereocenters. The van der Waals surface area contributed by atoms with Crippen LogP contribution in [-0.4, -0.2) is 96.7 Å². The largest absolute Gasteiger partial charge is 0.472 e. The molecule has 0 aliphatic carbocycles. The van der Waals surface area contributed by atoms with Crippen molar-refractivity contribution in [2.75, 3.05) is 39.6 Å². The van der Waals surface area contributed by atoms with Crippen LogP contribution in [-0.2, 0) is 65.4 Å². The van der Waals surface area contributed by atoms with Crippen LogP contribution in [0.1, 0.15) is 362 Å². The number of ether oxygens (including phenoxy) is 4. The second-order valence-electron chi connectivity index (χ2n) is 26.5. The SMILES string of the molecule is CCCCCC/C=C\C=C/CCCCCCCC(=O)OC[C@H](COP(=O)(O)OC[C@@H](O)COP(=O)(O)OC[C@@H](COC(=O)CCCCCCCCC)OC(=O)CCCCCCCCCCCCCCC(C)C)OC(=O)CCCCCCCCCCCCCCCCCC. The molecule has 0 radical (unpaired) electrons. The Hall–Kier alpha value is -2.46. The fourth-order valence-electron chi connectivity index (χ4n) is 10.8. The first kappa shape index (κ1) is 90.5. The number of carbonyl (C=O) groups is 4. The van der Waals surface area contributed by atoms with Crippen molar-refractivity contribution in [3.05, 3.63) is 24.3 Å². The number of rotatable bonds is 72. The van der Waals surface area contributed by atoms with E-state index in [1.54, 1.807) is 0 Å². The number of hydrogen-bond donors (Lipinski definition) is 3. The van der Waals surface area contributed by atoms with Gasteiger partial charge in [-0.05, 0) is 57.3 Å². The maximum absolute atomic E-state index is 13.0. The van der Waals surface area contributed by atoms with E-state index in [-0.39, 0.29) is 25.7 Å². The van der Waals surface area contributed by atoms with Crippen LogP contribution < -0.4 is 0 Å². The van der Waals surface area contributed by atoms with E-state index in [4.69, 9.17) is 37.0 Å². The number of unbranched alkanes of at least 4 members (excludes halogenated alkanes) is 41. The molecule has 0 heterocycles. The van der Waals surface area contributed by atoms with Crippen LogP contribution in [0.25, 0.3) is 0 Å². The number of esters is 4. The van der Waals surface area contributed by atoms with Gasteiger partial charge in [0.2, 0.25) is 0 Å². The van der Waals surface area contributed by atoms with Crippen LogP contribution >= 0.6 is 15.6 Å². The van der Waals surface area contributed by atoms with Gasteiger partial charge in [-0.2, -0.15) is 0 Å². The van der Waals surface area contributed by atoms with Crippen molar-refractivity contribution >= 4 is 39.5 Å². The van der Waals surface area contributed by atoms with Crippen LogP contribution in [0.2, 0.25) is 0 Å². The molecule has 0 saturated carbocycles. The Morgan fingerprint density at radius 3 is 0.882 bits per heavy atom. The lowest BCUT2D eigenvalue weighted by Crippen LogP contribution is -2.30. The van der Waals surface area contributed by atoms with Gasteiger partial charge in [0, 0.05) is 25.7 Å². The van der Waals surface area contributed by atoms with E-state index < -0.39 is 97.5 Å². The molecule has 0 aromatic heterocycles. The Bertz CT molecular complexity index is 1880. The van der Waals surface area contributed by atoms with Crippen LogP contribution in [0.3, 0.4) is 0 Å². The number of carbonyl (C=O) groups excluding carboxylic acids is 4. The average Bonchev–Trinajstić information content (AvgIpc) is 2.35. The lowest BCUT2D eigenvalue weighted by molar-refractivity contribution is -0.161. The third kappa shape index (κ3) is 67.9. The van der Waals surface area contributed by atoms with Gasteiger partial charge in [0.15, 0.2) is 12.2 Å². The standard InChI is InChI=1S/C74H140O17P2/c1-6-9-12-15-18-20-22-24-26-28-30-35-39-44-49-54-59-74(79)91-70(64-85-72(77)58-53-48-43-38-34-29-27-25-23-21-19-16-13-10-7-2)66-89-93(82,83)87-62-68(75)61-86-92(80,81)88-65-69(63-84-71(76)57-52-47-41-17-14-11-8-3)90-73(78)60-55-50-45-40-36-32-31-33-37-42-46-51-56-67(4)5/h21,23,25,27,67-70,75H,6-20,22,24,26,28-66H2,1-5H3,(H,80,81)(H,82,83)/b23-21-,27-25-/t68-,69+,70+/m0/s1. The molecule has 0 saturated heterocycles. The highest BCUT2D eigenvalue weighted by Crippen LogP contribution is 2.45. The van der Waals surface area contributed by atoms with Gasteiger partial charge in [-0.1, -0.05) is 309 Å². The highest BCUT2D eigenvalue weighted by atomic mass is 31.2. The van der Waals surface area contributed by atoms with Gasteiger partial charge in [-0.25, -0.2) is 9.13 Å². The minimum atomic E-state index is -4.96. The van der Waals surface area contributed by atoms with E-state index in [0.717, 1.165) is 128 Å². The molecule has 0 aliphatic heterocycles. The predicted molar refractivity (Wildman–Crippen MR) is 377 cm³/mol. The van der Waals surface area contributed by atoms with E-state index in [1.165, 1.54) is 154 Å². The summed E-state index contributed by atoms with van der Waals surface area (Å²) in [5, 5.41) is 10.6. The van der Waals surface area contributed by atoms with Gasteiger partial charge in [-0.3, -0.25) is 37.3 Å². The van der Waals surface area contributed by atoms with Crippen molar-refractivity contribution in [3.8, 4) is 0 Å². The van der Waals surface area contributed by atoms with Crippen LogP contribution in [0.4, 0.5) is 0 Å². The molecule has 0 bridgehead atoms. The van der Waals surface area contributed by atoms with Crippen molar-refractivity contribution in [1.82, 2.24) is 0 Å². The van der Waals surface area contributed by atoms with E-state index in [2.05, 4.69) is 58.9 Å². The van der Waals surface area contributed by atoms with Crippen molar-refractivity contribution in [3.63, 3.8) is 0 Å². The first-order chi connectivity index (χ1) is 45.0. The first-order valence-corrected chi connectivity index (χ1v) is 40.9. The topological polar surface area (TPSA) is 237 Å². The van der Waals surface area contributed by atoms with Gasteiger partial charge in [-0.15, -0.1) is 0 Å². The minimum Gasteiger partial charge on any atom is -0.462 e. The Morgan fingerprint density at radius 2 is 0.581 bits per heavy atom. The lowest BCUT2D eigenvalue weighted by atomic mass is 10.0. The molecular weight excluding hydrogens is 1220 g/mol. The number of hydrogen-bond acceptors (Lipinski definition) is 15. The normalized spacial score (nSPS) is 14.2. The highest BCUT2D eigenvalue weighted by Gasteiger charge is 2.30. The molecule has 0 rings (SSSR count). The van der Waals surface area contributed by atoms with Crippen LogP contribution in [0, 0.1) is 5.92 Å². The number of aliphatic hydroxyl groups excluding tert-OH is 1. The summed E-state index contributed by atoms with van der Waals surface area (Å²) in [4.78, 5) is 72.6. The van der Waals surface area contributed by atoms with Gasteiger partial charge >= 0.3 is 39.5 Å². The maximum atomic E-state index is 13.0. The smallest absolute Gasteiger partial charge is 0.462 e. The number of phosphoric acid groups is 2. The van der Waals surface area contributed by atoms with Gasteiger partial charge in [0.25, 0.3) is 0 Å². The quantitative estimate of drug-likeness (QED) is 0.0169. The summed E-state index contributed by atoms with van der Waals surface area (Å²) in [5.74, 6) is -1.38. The summed E-state index contributed by atoms with van der Waals surface area (Å²) in [7, 11) is -9.91. The van der Waals surface area contributed by atoms with E-state index in [0.29, 0.717) is 25.7 Å². The van der Waals surface area contributed by atoms with Crippen molar-refractivity contribution in [1.29, 1.82) is 0 Å². The van der Waals surface area contributed by atoms with Crippen LogP contribution in [0.5, 0.6) is 0 Å². The molecule has 19 heteroatoms. The number of allylic oxidation sites excluding steroid dienone is 4. The molecule has 0 aliphatic rings. The molecule has 0 fully saturated rings. The summed E-state index contributed by atoms with van der Waals surface area (Å²) in [6.45, 7) is 7.18. The first-order valence-electron chi connectivity index (χ1n) is 38.0. The molecule has 0 aromatic carbocycles. The fourth-order valence-corrected chi connectivity index (χ4v) is 12.4. The maximum Gasteiger partial charge on any atom is 0.472 e.